The van der Waals surface area contributed by atoms with Gasteiger partial charge in [-0.25, -0.2) is 9.18 Å². The number of esters is 1. The van der Waals surface area contributed by atoms with Gasteiger partial charge in [0.05, 0.1) is 16.1 Å². The number of anilines is 1. The summed E-state index contributed by atoms with van der Waals surface area (Å²) in [5.41, 5.74) is 0.904. The van der Waals surface area contributed by atoms with E-state index in [-0.39, 0.29) is 18.0 Å². The maximum absolute atomic E-state index is 13.8. The van der Waals surface area contributed by atoms with Gasteiger partial charge in [-0.1, -0.05) is 36.4 Å². The number of nitrogens with zero attached hydrogens (tertiary/aromatic N) is 2. The van der Waals surface area contributed by atoms with E-state index >= 15 is 0 Å². The van der Waals surface area contributed by atoms with Crippen LogP contribution in [0.1, 0.15) is 25.6 Å². The van der Waals surface area contributed by atoms with E-state index in [0.29, 0.717) is 16.1 Å². The van der Waals surface area contributed by atoms with Crippen molar-refractivity contribution in [2.75, 3.05) is 25.6 Å². The quantitative estimate of drug-likeness (QED) is 0.522. The number of benzene rings is 2. The van der Waals surface area contributed by atoms with Crippen molar-refractivity contribution in [2.45, 2.75) is 6.54 Å². The molecule has 0 atom stereocenters. The van der Waals surface area contributed by atoms with Crippen LogP contribution in [0.25, 0.3) is 0 Å². The Morgan fingerprint density at radius 3 is 2.39 bits per heavy atom. The van der Waals surface area contributed by atoms with Crippen LogP contribution in [-0.2, 0) is 16.1 Å². The van der Waals surface area contributed by atoms with Crippen LogP contribution in [0, 0.1) is 5.82 Å². The summed E-state index contributed by atoms with van der Waals surface area (Å²) in [6.45, 7) is -0.446. The number of rotatable bonds is 7. The second kappa shape index (κ2) is 9.99. The predicted molar refractivity (Wildman–Crippen MR) is 117 cm³/mol. The fourth-order valence-electron chi connectivity index (χ4n) is 2.90. The average Bonchev–Trinajstić information content (AvgIpc) is 3.32. The number of likely N-dealkylation sites (N-methyl/N-ethyl adjacent to an activating group) is 1. The van der Waals surface area contributed by atoms with Crippen LogP contribution in [0.3, 0.4) is 0 Å². The summed E-state index contributed by atoms with van der Waals surface area (Å²) in [4.78, 5) is 40.8. The Labute approximate surface area is 183 Å². The molecular weight excluding hydrogens is 419 g/mol. The Balaban J connectivity index is 1.65. The van der Waals surface area contributed by atoms with Crippen molar-refractivity contribution in [2.24, 2.45) is 0 Å². The van der Waals surface area contributed by atoms with Gasteiger partial charge in [-0.05, 0) is 29.6 Å². The van der Waals surface area contributed by atoms with Crippen molar-refractivity contribution >= 4 is 34.8 Å². The first-order chi connectivity index (χ1) is 14.9. The topological polar surface area (TPSA) is 66.9 Å². The third-order valence-corrected chi connectivity index (χ3v) is 5.50. The summed E-state index contributed by atoms with van der Waals surface area (Å²) in [6, 6.07) is 16.1. The molecule has 0 aliphatic rings. The van der Waals surface area contributed by atoms with E-state index in [1.807, 2.05) is 0 Å². The van der Waals surface area contributed by atoms with Crippen LogP contribution < -0.4 is 4.90 Å². The second-order valence-electron chi connectivity index (χ2n) is 6.78. The van der Waals surface area contributed by atoms with Gasteiger partial charge in [0, 0.05) is 26.2 Å². The smallest absolute Gasteiger partial charge is 0.340 e. The lowest BCUT2D eigenvalue weighted by Gasteiger charge is -2.20. The maximum atomic E-state index is 13.8. The Hall–Kier alpha value is -3.52. The molecule has 8 heteroatoms. The number of thiophene rings is 1. The summed E-state index contributed by atoms with van der Waals surface area (Å²) in [5, 5.41) is 1.80. The number of ether oxygens (including phenoxy) is 1. The van der Waals surface area contributed by atoms with E-state index in [1.54, 1.807) is 61.0 Å². The van der Waals surface area contributed by atoms with Crippen molar-refractivity contribution in [3.05, 3.63) is 87.9 Å². The molecule has 3 aromatic rings. The number of hydrogen-bond donors (Lipinski definition) is 0. The average molecular weight is 440 g/mol. The third kappa shape index (κ3) is 5.35. The molecule has 6 nitrogen and oxygen atoms in total. The van der Waals surface area contributed by atoms with E-state index in [4.69, 9.17) is 4.74 Å². The van der Waals surface area contributed by atoms with Gasteiger partial charge >= 0.3 is 5.97 Å². The van der Waals surface area contributed by atoms with Gasteiger partial charge in [-0.3, -0.25) is 9.59 Å². The normalized spacial score (nSPS) is 10.4. The monoisotopic (exact) mass is 440 g/mol. The predicted octanol–water partition coefficient (Wildman–Crippen LogP) is 3.98. The van der Waals surface area contributed by atoms with Crippen molar-refractivity contribution < 1.29 is 23.5 Å². The van der Waals surface area contributed by atoms with Crippen LogP contribution in [0.4, 0.5) is 10.1 Å². The number of amides is 2. The van der Waals surface area contributed by atoms with E-state index in [1.165, 1.54) is 40.3 Å². The number of halogens is 1. The number of carbonyl (C=O) groups is 3. The molecule has 160 valence electrons. The molecule has 0 saturated carbocycles. The third-order valence-electron chi connectivity index (χ3n) is 4.64. The summed E-state index contributed by atoms with van der Waals surface area (Å²) in [6.07, 6.45) is 0. The first-order valence-electron chi connectivity index (χ1n) is 9.43. The first-order valence-corrected chi connectivity index (χ1v) is 10.3. The largest absolute Gasteiger partial charge is 0.452 e. The van der Waals surface area contributed by atoms with Gasteiger partial charge in [-0.15, -0.1) is 11.3 Å². The second-order valence-corrected chi connectivity index (χ2v) is 7.72. The molecule has 31 heavy (non-hydrogen) atoms. The number of hydrogen-bond acceptors (Lipinski definition) is 5. The Bertz CT molecular complexity index is 1080. The molecule has 0 N–H and O–H groups in total. The lowest BCUT2D eigenvalue weighted by Crippen LogP contribution is -2.31. The molecule has 2 aromatic carbocycles. The van der Waals surface area contributed by atoms with E-state index in [0.717, 1.165) is 0 Å². The van der Waals surface area contributed by atoms with Gasteiger partial charge in [0.25, 0.3) is 11.8 Å². The molecule has 1 aromatic heterocycles. The van der Waals surface area contributed by atoms with Gasteiger partial charge in [0.2, 0.25) is 0 Å². The summed E-state index contributed by atoms with van der Waals surface area (Å²) in [7, 11) is 3.07. The molecule has 0 bridgehead atoms. The molecule has 0 fully saturated rings. The standard InChI is InChI=1S/C23H21FN2O4S/c1-25(14-16-8-3-5-10-18(16)24)21(27)15-30-23(29)17-9-4-6-11-19(17)26(2)22(28)20-12-7-13-31-20/h3-13H,14-15H2,1-2H3. The lowest BCUT2D eigenvalue weighted by atomic mass is 10.1. The summed E-state index contributed by atoms with van der Waals surface area (Å²) < 4.78 is 19.0. The molecule has 0 aliphatic heterocycles. The Kier molecular flexibility index (Phi) is 7.15. The first kappa shape index (κ1) is 22.2. The van der Waals surface area contributed by atoms with Crippen molar-refractivity contribution in [3.63, 3.8) is 0 Å². The summed E-state index contributed by atoms with van der Waals surface area (Å²) in [5.74, 6) is -1.87. The molecule has 0 saturated heterocycles. The highest BCUT2D eigenvalue weighted by atomic mass is 32.1. The van der Waals surface area contributed by atoms with Gasteiger partial charge in [-0.2, -0.15) is 0 Å². The van der Waals surface area contributed by atoms with Crippen LogP contribution in [0.5, 0.6) is 0 Å². The fourth-order valence-corrected chi connectivity index (χ4v) is 3.60. The maximum Gasteiger partial charge on any atom is 0.340 e. The van der Waals surface area contributed by atoms with Gasteiger partial charge < -0.3 is 14.5 Å². The lowest BCUT2D eigenvalue weighted by molar-refractivity contribution is -0.133. The van der Waals surface area contributed by atoms with Crippen LogP contribution in [0.2, 0.25) is 0 Å². The van der Waals surface area contributed by atoms with Crippen molar-refractivity contribution in [1.29, 1.82) is 0 Å². The minimum Gasteiger partial charge on any atom is -0.452 e. The van der Waals surface area contributed by atoms with Crippen LogP contribution in [0.15, 0.2) is 66.0 Å². The van der Waals surface area contributed by atoms with Crippen molar-refractivity contribution in [3.8, 4) is 0 Å². The summed E-state index contributed by atoms with van der Waals surface area (Å²) >= 11 is 1.30. The molecule has 2 amide bonds. The molecule has 0 radical (unpaired) electrons. The Morgan fingerprint density at radius 2 is 1.68 bits per heavy atom. The Morgan fingerprint density at radius 1 is 0.968 bits per heavy atom. The SMILES string of the molecule is CN(Cc1ccccc1F)C(=O)COC(=O)c1ccccc1N(C)C(=O)c1cccs1. The zero-order valence-corrected chi connectivity index (χ0v) is 17.9. The van der Waals surface area contributed by atoms with E-state index in [2.05, 4.69) is 0 Å². The van der Waals surface area contributed by atoms with Crippen LogP contribution >= 0.6 is 11.3 Å². The van der Waals surface area contributed by atoms with E-state index < -0.39 is 24.3 Å². The highest BCUT2D eigenvalue weighted by Gasteiger charge is 2.22. The number of para-hydroxylation sites is 1. The molecule has 1 heterocycles. The van der Waals surface area contributed by atoms with Gasteiger partial charge in [0.1, 0.15) is 5.82 Å². The molecule has 0 unspecified atom stereocenters. The minimum absolute atomic E-state index is 0.0533. The van der Waals surface area contributed by atoms with Crippen LogP contribution in [-0.4, -0.2) is 43.4 Å². The molecular formula is C23H21FN2O4S. The van der Waals surface area contributed by atoms with Gasteiger partial charge in [0.15, 0.2) is 6.61 Å². The highest BCUT2D eigenvalue weighted by Crippen LogP contribution is 2.23. The molecule has 0 spiro atoms. The molecule has 0 aliphatic carbocycles. The van der Waals surface area contributed by atoms with E-state index in [9.17, 15) is 18.8 Å². The van der Waals surface area contributed by atoms with Crippen molar-refractivity contribution in [1.82, 2.24) is 4.90 Å². The highest BCUT2D eigenvalue weighted by molar-refractivity contribution is 7.12. The number of carbonyl (C=O) groups excluding carboxylic acids is 3. The fraction of sp³-hybridized carbons (Fsp3) is 0.174. The molecule has 3 rings (SSSR count). The zero-order valence-electron chi connectivity index (χ0n) is 17.1. The minimum atomic E-state index is -0.728. The zero-order chi connectivity index (χ0) is 22.4.